The van der Waals surface area contributed by atoms with Crippen LogP contribution in [-0.4, -0.2) is 40.9 Å². The molecule has 26 heavy (non-hydrogen) atoms. The van der Waals surface area contributed by atoms with Crippen molar-refractivity contribution in [1.29, 1.82) is 0 Å². The first-order chi connectivity index (χ1) is 12.6. The molecule has 1 fully saturated rings. The average molecular weight is 409 g/mol. The van der Waals surface area contributed by atoms with Gasteiger partial charge in [0, 0.05) is 30.2 Å². The summed E-state index contributed by atoms with van der Waals surface area (Å²) >= 11 is 3.00. The Morgan fingerprint density at radius 1 is 1.23 bits per heavy atom. The van der Waals surface area contributed by atoms with Crippen LogP contribution in [0.1, 0.15) is 18.7 Å². The van der Waals surface area contributed by atoms with Gasteiger partial charge in [-0.25, -0.2) is 13.4 Å². The molecule has 4 rings (SSSR count). The molecule has 10 heteroatoms. The van der Waals surface area contributed by atoms with E-state index in [1.807, 2.05) is 16.8 Å². The molecular weight excluding hydrogens is 392 g/mol. The Balaban J connectivity index is 1.40. The Hall–Kier alpha value is -1.75. The number of sulfonamides is 1. The zero-order chi connectivity index (χ0) is 18.0. The molecule has 0 atom stereocenters. The minimum atomic E-state index is -3.42. The van der Waals surface area contributed by atoms with E-state index in [1.165, 1.54) is 22.3 Å². The molecule has 0 aliphatic carbocycles. The van der Waals surface area contributed by atoms with Crippen molar-refractivity contribution in [3.8, 4) is 11.4 Å². The summed E-state index contributed by atoms with van der Waals surface area (Å²) in [6, 6.07) is 5.25. The van der Waals surface area contributed by atoms with E-state index in [4.69, 9.17) is 4.52 Å². The van der Waals surface area contributed by atoms with Gasteiger partial charge < -0.3 is 4.52 Å². The third-order valence-corrected chi connectivity index (χ3v) is 7.50. The summed E-state index contributed by atoms with van der Waals surface area (Å²) in [6.07, 6.45) is 3.25. The number of pyridine rings is 1. The predicted octanol–water partition coefficient (Wildman–Crippen LogP) is 3.27. The van der Waals surface area contributed by atoms with Gasteiger partial charge in [0.1, 0.15) is 4.90 Å². The third-order valence-electron chi connectivity index (χ3n) is 4.00. The highest BCUT2D eigenvalue weighted by Crippen LogP contribution is 2.25. The third kappa shape index (κ3) is 3.68. The second-order valence-electron chi connectivity index (χ2n) is 5.76. The quantitative estimate of drug-likeness (QED) is 0.578. The van der Waals surface area contributed by atoms with E-state index in [-0.39, 0.29) is 4.90 Å². The van der Waals surface area contributed by atoms with E-state index < -0.39 is 10.0 Å². The number of hydrogen-bond acceptors (Lipinski definition) is 8. The van der Waals surface area contributed by atoms with Gasteiger partial charge >= 0.3 is 0 Å². The Morgan fingerprint density at radius 2 is 2.08 bits per heavy atom. The van der Waals surface area contributed by atoms with Crippen LogP contribution in [0.2, 0.25) is 0 Å². The monoisotopic (exact) mass is 408 g/mol. The molecular formula is C16H16N4O3S3. The number of thioether (sulfide) groups is 1. The first kappa shape index (κ1) is 17.7. The summed E-state index contributed by atoms with van der Waals surface area (Å²) in [5.74, 6) is 1.55. The van der Waals surface area contributed by atoms with Crippen LogP contribution in [0.25, 0.3) is 11.4 Å². The molecule has 0 bridgehead atoms. The fourth-order valence-electron chi connectivity index (χ4n) is 2.64. The fraction of sp³-hybridized carbons (Fsp3) is 0.312. The molecule has 0 amide bonds. The number of hydrogen-bond donors (Lipinski definition) is 0. The maximum Gasteiger partial charge on any atom is 0.244 e. The summed E-state index contributed by atoms with van der Waals surface area (Å²) in [6.45, 7) is 1.17. The molecule has 0 unspecified atom stereocenters. The molecule has 0 radical (unpaired) electrons. The van der Waals surface area contributed by atoms with Crippen molar-refractivity contribution < 1.29 is 12.9 Å². The maximum atomic E-state index is 12.5. The Labute approximate surface area is 159 Å². The molecule has 4 heterocycles. The minimum Gasteiger partial charge on any atom is -0.338 e. The van der Waals surface area contributed by atoms with Gasteiger partial charge in [0.25, 0.3) is 0 Å². The van der Waals surface area contributed by atoms with Crippen LogP contribution in [0, 0.1) is 0 Å². The van der Waals surface area contributed by atoms with Crippen molar-refractivity contribution in [2.45, 2.75) is 28.5 Å². The van der Waals surface area contributed by atoms with Crippen LogP contribution < -0.4 is 0 Å². The van der Waals surface area contributed by atoms with E-state index in [9.17, 15) is 8.42 Å². The van der Waals surface area contributed by atoms with Crippen LogP contribution in [0.15, 0.2) is 49.6 Å². The summed E-state index contributed by atoms with van der Waals surface area (Å²) in [7, 11) is -3.42. The van der Waals surface area contributed by atoms with Gasteiger partial charge in [0.2, 0.25) is 21.7 Å². The molecule has 1 aliphatic rings. The zero-order valence-electron chi connectivity index (χ0n) is 13.7. The van der Waals surface area contributed by atoms with E-state index in [1.54, 1.807) is 23.5 Å². The summed E-state index contributed by atoms with van der Waals surface area (Å²) in [5.41, 5.74) is 0.935. The van der Waals surface area contributed by atoms with E-state index in [2.05, 4.69) is 15.1 Å². The Bertz CT molecular complexity index is 963. The van der Waals surface area contributed by atoms with E-state index in [0.717, 1.165) is 18.4 Å². The highest BCUT2D eigenvalue weighted by atomic mass is 32.2. The highest BCUT2D eigenvalue weighted by Gasteiger charge is 2.27. The van der Waals surface area contributed by atoms with Gasteiger partial charge in [-0.2, -0.15) is 20.6 Å². The standard InChI is InChI=1S/C16H16N4O3S3/c21-26(22,20-6-1-2-7-20)13-3-4-15(17-9-13)25-11-14-18-16(19-23-14)12-5-8-24-10-12/h3-5,8-10H,1-2,6-7,11H2. The molecule has 3 aromatic rings. The molecule has 3 aromatic heterocycles. The number of rotatable bonds is 6. The van der Waals surface area contributed by atoms with Crippen molar-refractivity contribution in [3.63, 3.8) is 0 Å². The van der Waals surface area contributed by atoms with Gasteiger partial charge in [-0.1, -0.05) is 16.9 Å². The van der Waals surface area contributed by atoms with Crippen LogP contribution in [0.3, 0.4) is 0 Å². The summed E-state index contributed by atoms with van der Waals surface area (Å²) < 4.78 is 31.7. The van der Waals surface area contributed by atoms with Crippen LogP contribution in [-0.2, 0) is 15.8 Å². The van der Waals surface area contributed by atoms with Gasteiger partial charge in [0.15, 0.2) is 0 Å². The average Bonchev–Trinajstić information content (AvgIpc) is 3.42. The molecule has 0 N–H and O–H groups in total. The second-order valence-corrected chi connectivity index (χ2v) is 9.47. The van der Waals surface area contributed by atoms with Gasteiger partial charge in [-0.15, -0.1) is 0 Å². The van der Waals surface area contributed by atoms with Crippen molar-refractivity contribution in [1.82, 2.24) is 19.4 Å². The molecule has 7 nitrogen and oxygen atoms in total. The van der Waals surface area contributed by atoms with Gasteiger partial charge in [0.05, 0.1) is 10.8 Å². The normalized spacial score (nSPS) is 15.5. The molecule has 0 saturated carbocycles. The highest BCUT2D eigenvalue weighted by molar-refractivity contribution is 7.98. The largest absolute Gasteiger partial charge is 0.338 e. The van der Waals surface area contributed by atoms with Gasteiger partial charge in [-0.05, 0) is 36.4 Å². The molecule has 1 saturated heterocycles. The van der Waals surface area contributed by atoms with Crippen LogP contribution in [0.5, 0.6) is 0 Å². The number of nitrogens with zero attached hydrogens (tertiary/aromatic N) is 4. The maximum absolute atomic E-state index is 12.5. The molecule has 1 aliphatic heterocycles. The van der Waals surface area contributed by atoms with E-state index >= 15 is 0 Å². The van der Waals surface area contributed by atoms with Gasteiger partial charge in [-0.3, -0.25) is 0 Å². The molecule has 0 aromatic carbocycles. The molecule has 0 spiro atoms. The smallest absolute Gasteiger partial charge is 0.244 e. The van der Waals surface area contributed by atoms with Crippen LogP contribution >= 0.6 is 23.1 Å². The Kier molecular flexibility index (Phi) is 5.07. The zero-order valence-corrected chi connectivity index (χ0v) is 16.2. The topological polar surface area (TPSA) is 89.2 Å². The Morgan fingerprint density at radius 3 is 2.77 bits per heavy atom. The summed E-state index contributed by atoms with van der Waals surface area (Å²) in [4.78, 5) is 8.85. The minimum absolute atomic E-state index is 0.237. The number of thiophene rings is 1. The van der Waals surface area contributed by atoms with Crippen molar-refractivity contribution in [3.05, 3.63) is 41.0 Å². The molecule has 136 valence electrons. The fourth-order valence-corrected chi connectivity index (χ4v) is 5.42. The van der Waals surface area contributed by atoms with Crippen molar-refractivity contribution in [2.75, 3.05) is 13.1 Å². The lowest BCUT2D eigenvalue weighted by Gasteiger charge is -2.15. The number of aromatic nitrogens is 3. The van der Waals surface area contributed by atoms with E-state index in [0.29, 0.717) is 35.6 Å². The SMILES string of the molecule is O=S(=O)(c1ccc(SCc2nc(-c3ccsc3)no2)nc1)N1CCCC1. The second kappa shape index (κ2) is 7.47. The van der Waals surface area contributed by atoms with Crippen molar-refractivity contribution in [2.24, 2.45) is 0 Å². The lowest BCUT2D eigenvalue weighted by molar-refractivity contribution is 0.391. The van der Waals surface area contributed by atoms with Crippen LogP contribution in [0.4, 0.5) is 0 Å². The predicted molar refractivity (Wildman–Crippen MR) is 99.4 cm³/mol. The first-order valence-electron chi connectivity index (χ1n) is 8.07. The van der Waals surface area contributed by atoms with Crippen molar-refractivity contribution >= 4 is 33.1 Å². The summed E-state index contributed by atoms with van der Waals surface area (Å²) in [5, 5.41) is 8.59. The first-order valence-corrected chi connectivity index (χ1v) is 11.4. The lowest BCUT2D eigenvalue weighted by atomic mass is 10.3. The lowest BCUT2D eigenvalue weighted by Crippen LogP contribution is -2.27.